The van der Waals surface area contributed by atoms with Crippen molar-refractivity contribution < 1.29 is 13.2 Å². The minimum Gasteiger partial charge on any atom is -0.385 e. The first-order valence-electron chi connectivity index (χ1n) is 10.7. The number of anilines is 1. The summed E-state index contributed by atoms with van der Waals surface area (Å²) in [6.45, 7) is 1.84. The number of aromatic nitrogens is 4. The SMILES string of the molecule is Nc1cccn1CCC(NS(=O)(=O)c1cccc2[nH]ccc12)C(=O)N1CCn2ccnc2C1. The first kappa shape index (κ1) is 21.3. The Bertz CT molecular complexity index is 1400. The van der Waals surface area contributed by atoms with Gasteiger partial charge in [-0.15, -0.1) is 0 Å². The lowest BCUT2D eigenvalue weighted by atomic mass is 10.1. The molecule has 4 aromatic rings. The number of nitrogens with two attached hydrogens (primary N) is 1. The van der Waals surface area contributed by atoms with Crippen molar-refractivity contribution in [2.24, 2.45) is 0 Å². The van der Waals surface area contributed by atoms with E-state index in [4.69, 9.17) is 5.73 Å². The Labute approximate surface area is 191 Å². The Morgan fingerprint density at radius 3 is 2.88 bits per heavy atom. The molecule has 1 aliphatic heterocycles. The molecule has 4 heterocycles. The second-order valence-corrected chi connectivity index (χ2v) is 9.76. The molecule has 0 fully saturated rings. The Morgan fingerprint density at radius 1 is 1.18 bits per heavy atom. The highest BCUT2D eigenvalue weighted by molar-refractivity contribution is 7.89. The first-order chi connectivity index (χ1) is 15.9. The largest absolute Gasteiger partial charge is 0.385 e. The van der Waals surface area contributed by atoms with E-state index in [0.717, 1.165) is 5.82 Å². The predicted octanol–water partition coefficient (Wildman–Crippen LogP) is 1.53. The van der Waals surface area contributed by atoms with E-state index in [-0.39, 0.29) is 17.2 Å². The van der Waals surface area contributed by atoms with E-state index in [2.05, 4.69) is 14.7 Å². The molecular weight excluding hydrogens is 442 g/mol. The number of imidazole rings is 1. The van der Waals surface area contributed by atoms with Gasteiger partial charge in [0.25, 0.3) is 0 Å². The Hall–Kier alpha value is -3.57. The lowest BCUT2D eigenvalue weighted by Gasteiger charge is -2.31. The Kier molecular flexibility index (Phi) is 5.43. The highest BCUT2D eigenvalue weighted by Gasteiger charge is 2.32. The molecule has 0 bridgehead atoms. The summed E-state index contributed by atoms with van der Waals surface area (Å²) < 4.78 is 33.2. The van der Waals surface area contributed by atoms with E-state index in [1.807, 2.05) is 29.1 Å². The second-order valence-electron chi connectivity index (χ2n) is 8.08. The van der Waals surface area contributed by atoms with Crippen molar-refractivity contribution >= 4 is 32.7 Å². The van der Waals surface area contributed by atoms with Crippen molar-refractivity contribution in [1.82, 2.24) is 28.7 Å². The number of nitrogen functional groups attached to an aromatic ring is 1. The molecule has 4 N–H and O–H groups in total. The number of benzene rings is 1. The van der Waals surface area contributed by atoms with Gasteiger partial charge in [-0.05, 0) is 36.8 Å². The molecule has 3 aromatic heterocycles. The van der Waals surface area contributed by atoms with Gasteiger partial charge in [0.15, 0.2) is 0 Å². The molecule has 172 valence electrons. The average Bonchev–Trinajstić information content (AvgIpc) is 3.55. The number of aromatic amines is 1. The molecule has 1 aromatic carbocycles. The van der Waals surface area contributed by atoms with Gasteiger partial charge in [-0.25, -0.2) is 13.4 Å². The van der Waals surface area contributed by atoms with Crippen LogP contribution in [0.1, 0.15) is 12.2 Å². The lowest BCUT2D eigenvalue weighted by molar-refractivity contribution is -0.134. The number of H-pyrrole nitrogens is 1. The van der Waals surface area contributed by atoms with Crippen molar-refractivity contribution in [3.05, 3.63) is 67.0 Å². The lowest BCUT2D eigenvalue weighted by Crippen LogP contribution is -2.50. The van der Waals surface area contributed by atoms with Crippen LogP contribution in [0, 0.1) is 0 Å². The zero-order chi connectivity index (χ0) is 23.0. The maximum atomic E-state index is 13.5. The number of aryl methyl sites for hydroxylation is 1. The minimum atomic E-state index is -3.97. The van der Waals surface area contributed by atoms with Crippen molar-refractivity contribution in [3.8, 4) is 0 Å². The van der Waals surface area contributed by atoms with Gasteiger partial charge in [0.05, 0.1) is 11.4 Å². The van der Waals surface area contributed by atoms with Crippen LogP contribution in [0.15, 0.2) is 66.1 Å². The summed E-state index contributed by atoms with van der Waals surface area (Å²) in [5.74, 6) is 1.06. The smallest absolute Gasteiger partial charge is 0.241 e. The molecule has 1 aliphatic rings. The molecule has 10 nitrogen and oxygen atoms in total. The number of amides is 1. The first-order valence-corrected chi connectivity index (χ1v) is 12.2. The van der Waals surface area contributed by atoms with E-state index in [1.54, 1.807) is 46.1 Å². The second kappa shape index (κ2) is 8.41. The summed E-state index contributed by atoms with van der Waals surface area (Å²) in [5.41, 5.74) is 6.68. The topological polar surface area (TPSA) is 131 Å². The van der Waals surface area contributed by atoms with E-state index < -0.39 is 16.1 Å². The maximum absolute atomic E-state index is 13.5. The van der Waals surface area contributed by atoms with Crippen molar-refractivity contribution in [2.45, 2.75) is 37.0 Å². The van der Waals surface area contributed by atoms with Crippen molar-refractivity contribution in [2.75, 3.05) is 12.3 Å². The van der Waals surface area contributed by atoms with E-state index in [1.165, 1.54) is 0 Å². The third-order valence-electron chi connectivity index (χ3n) is 6.02. The number of hydrogen-bond donors (Lipinski definition) is 3. The highest BCUT2D eigenvalue weighted by atomic mass is 32.2. The van der Waals surface area contributed by atoms with Gasteiger partial charge < -0.3 is 24.8 Å². The van der Waals surface area contributed by atoms with Gasteiger partial charge in [-0.2, -0.15) is 4.72 Å². The normalized spacial score (nSPS) is 15.0. The number of carbonyl (C=O) groups excluding carboxylic acids is 1. The number of hydrogen-bond acceptors (Lipinski definition) is 5. The zero-order valence-corrected chi connectivity index (χ0v) is 18.7. The molecule has 0 saturated heterocycles. The van der Waals surface area contributed by atoms with E-state index >= 15 is 0 Å². The van der Waals surface area contributed by atoms with Crippen LogP contribution < -0.4 is 10.5 Å². The Balaban J connectivity index is 1.42. The molecule has 0 saturated carbocycles. The fourth-order valence-electron chi connectivity index (χ4n) is 4.26. The minimum absolute atomic E-state index is 0.133. The van der Waals surface area contributed by atoms with Crippen LogP contribution in [-0.2, 0) is 34.5 Å². The van der Waals surface area contributed by atoms with E-state index in [0.29, 0.717) is 42.9 Å². The molecule has 1 unspecified atom stereocenters. The summed E-state index contributed by atoms with van der Waals surface area (Å²) >= 11 is 0. The van der Waals surface area contributed by atoms with Gasteiger partial charge in [-0.1, -0.05) is 6.07 Å². The van der Waals surface area contributed by atoms with Crippen LogP contribution >= 0.6 is 0 Å². The van der Waals surface area contributed by atoms with Gasteiger partial charge in [-0.3, -0.25) is 4.79 Å². The number of sulfonamides is 1. The molecule has 11 heteroatoms. The maximum Gasteiger partial charge on any atom is 0.241 e. The monoisotopic (exact) mass is 467 g/mol. The number of fused-ring (bicyclic) bond motifs is 2. The summed E-state index contributed by atoms with van der Waals surface area (Å²) in [5, 5.41) is 0.575. The molecular formula is C22H25N7O3S. The third-order valence-corrected chi connectivity index (χ3v) is 7.55. The number of nitrogens with one attached hydrogen (secondary N) is 2. The molecule has 0 spiro atoms. The van der Waals surface area contributed by atoms with Gasteiger partial charge in [0.1, 0.15) is 17.7 Å². The highest BCUT2D eigenvalue weighted by Crippen LogP contribution is 2.23. The number of rotatable bonds is 7. The van der Waals surface area contributed by atoms with E-state index in [9.17, 15) is 13.2 Å². The molecule has 5 rings (SSSR count). The number of carbonyl (C=O) groups is 1. The average molecular weight is 468 g/mol. The van der Waals surface area contributed by atoms with Crippen LogP contribution in [0.2, 0.25) is 0 Å². The molecule has 1 amide bonds. The fraction of sp³-hybridized carbons (Fsp3) is 0.273. The standard InChI is InChI=1S/C22H25N7O3S/c23-20-5-2-10-27(20)11-7-18(22(30)29-14-13-28-12-9-25-21(28)15-29)26-33(31,32)19-4-1-3-17-16(19)6-8-24-17/h1-6,8-10,12,18,24,26H,7,11,13-15,23H2. The summed E-state index contributed by atoms with van der Waals surface area (Å²) in [6.07, 6.45) is 7.34. The van der Waals surface area contributed by atoms with Crippen molar-refractivity contribution in [3.63, 3.8) is 0 Å². The summed E-state index contributed by atoms with van der Waals surface area (Å²) in [4.78, 5) is 22.6. The zero-order valence-electron chi connectivity index (χ0n) is 17.9. The van der Waals surface area contributed by atoms with Crippen molar-refractivity contribution in [1.29, 1.82) is 0 Å². The van der Waals surface area contributed by atoms with Gasteiger partial charge in [0.2, 0.25) is 15.9 Å². The van der Waals surface area contributed by atoms with Crippen LogP contribution in [0.3, 0.4) is 0 Å². The predicted molar refractivity (Wildman–Crippen MR) is 124 cm³/mol. The quantitative estimate of drug-likeness (QED) is 0.379. The third kappa shape index (κ3) is 4.12. The van der Waals surface area contributed by atoms with Crippen LogP contribution in [0.5, 0.6) is 0 Å². The van der Waals surface area contributed by atoms with Crippen LogP contribution in [0.25, 0.3) is 10.9 Å². The summed E-state index contributed by atoms with van der Waals surface area (Å²) in [7, 11) is -3.97. The molecule has 0 radical (unpaired) electrons. The molecule has 0 aliphatic carbocycles. The van der Waals surface area contributed by atoms with Gasteiger partial charge in [0, 0.05) is 55.3 Å². The fourth-order valence-corrected chi connectivity index (χ4v) is 5.70. The Morgan fingerprint density at radius 2 is 2.06 bits per heavy atom. The molecule has 1 atom stereocenters. The molecule has 33 heavy (non-hydrogen) atoms. The van der Waals surface area contributed by atoms with Crippen LogP contribution in [-0.4, -0.2) is 50.9 Å². The number of nitrogens with zero attached hydrogens (tertiary/aromatic N) is 4. The van der Waals surface area contributed by atoms with Gasteiger partial charge >= 0.3 is 0 Å². The summed E-state index contributed by atoms with van der Waals surface area (Å²) in [6, 6.07) is 9.36. The van der Waals surface area contributed by atoms with Crippen LogP contribution in [0.4, 0.5) is 5.82 Å².